The molecule has 6 aromatic carbocycles. The van der Waals surface area contributed by atoms with E-state index in [4.69, 9.17) is 36.8 Å². The summed E-state index contributed by atoms with van der Waals surface area (Å²) < 4.78 is 32.9. The number of phenols is 1. The molecule has 13 heteroatoms. The third-order valence-electron chi connectivity index (χ3n) is 10.8. The van der Waals surface area contributed by atoms with Crippen molar-refractivity contribution in [1.29, 1.82) is 0 Å². The average Bonchev–Trinajstić information content (AvgIpc) is 4.02. The second-order valence-electron chi connectivity index (χ2n) is 14.5. The van der Waals surface area contributed by atoms with Gasteiger partial charge in [0.05, 0.1) is 34.3 Å². The van der Waals surface area contributed by atoms with Gasteiger partial charge in [-0.2, -0.15) is 0 Å². The van der Waals surface area contributed by atoms with Crippen molar-refractivity contribution in [3.8, 4) is 11.5 Å². The summed E-state index contributed by atoms with van der Waals surface area (Å²) in [5.41, 5.74) is 4.51. The van der Waals surface area contributed by atoms with Gasteiger partial charge in [0.2, 0.25) is 0 Å². The second-order valence-corrected chi connectivity index (χ2v) is 17.8. The van der Waals surface area contributed by atoms with Crippen LogP contribution in [0.3, 0.4) is 0 Å². The minimum Gasteiger partial charge on any atom is -0.507 e. The van der Waals surface area contributed by atoms with Crippen molar-refractivity contribution in [1.82, 2.24) is 0 Å². The first kappa shape index (κ1) is 39.3. The van der Waals surface area contributed by atoms with Crippen LogP contribution in [0.2, 0.25) is 0 Å². The van der Waals surface area contributed by atoms with Crippen molar-refractivity contribution in [3.05, 3.63) is 165 Å². The number of amides is 2. The number of anilines is 2. The molecule has 0 radical (unpaired) electrons. The number of benzene rings is 6. The molecular weight excluding hydrogens is 826 g/mol. The standard InChI is InChI=1S/C46H37Cl2N2O7PS/c47-23-31-25-49(37-21-39(51)33-15-7-9-17-35(33)43(31)37)45(52)41-19-20-42(59-41)46(53)50-26-32(24-48)44-36-18-10-8-16-34(36)40(22-38(44)50)57-58(54,55-27-29-11-3-1-4-12-29)56-28-30-13-5-2-6-14-30/h1-22,31-32,51H,23-28H2/t31-,32-/m1/s1. The number of carbonyl (C=O) groups is 2. The normalized spacial score (nSPS) is 16.1. The van der Waals surface area contributed by atoms with Crippen LogP contribution >= 0.6 is 42.4 Å². The molecule has 0 bridgehead atoms. The highest BCUT2D eigenvalue weighted by Crippen LogP contribution is 2.55. The number of alkyl halides is 2. The lowest BCUT2D eigenvalue weighted by molar-refractivity contribution is 0.0986. The Labute approximate surface area is 354 Å². The number of fused-ring (bicyclic) bond motifs is 6. The van der Waals surface area contributed by atoms with E-state index >= 15 is 0 Å². The number of hydrogen-bond donors (Lipinski definition) is 1. The molecule has 0 unspecified atom stereocenters. The van der Waals surface area contributed by atoms with Crippen LogP contribution in [-0.2, 0) is 26.8 Å². The number of hydrogen-bond acceptors (Lipinski definition) is 8. The summed E-state index contributed by atoms with van der Waals surface area (Å²) in [5.74, 6) is -0.134. The van der Waals surface area contributed by atoms with E-state index in [1.165, 1.54) is 0 Å². The number of phosphoric ester groups is 1. The summed E-state index contributed by atoms with van der Waals surface area (Å²) in [6.07, 6.45) is 0. The van der Waals surface area contributed by atoms with Crippen molar-refractivity contribution in [2.24, 2.45) is 0 Å². The number of phosphoric acid groups is 1. The van der Waals surface area contributed by atoms with E-state index in [9.17, 15) is 19.3 Å². The molecular formula is C46H37Cl2N2O7PS. The number of carbonyl (C=O) groups excluding carboxylic acids is 2. The van der Waals surface area contributed by atoms with Gasteiger partial charge in [0, 0.05) is 59.6 Å². The first-order valence-electron chi connectivity index (χ1n) is 19.1. The molecule has 2 aliphatic heterocycles. The Bertz CT molecular complexity index is 2720. The van der Waals surface area contributed by atoms with Crippen molar-refractivity contribution < 1.29 is 32.8 Å². The third-order valence-corrected chi connectivity index (χ3v) is 14.0. The van der Waals surface area contributed by atoms with Crippen LogP contribution in [0.1, 0.15) is 53.4 Å². The van der Waals surface area contributed by atoms with E-state index in [1.807, 2.05) is 109 Å². The van der Waals surface area contributed by atoms with E-state index in [2.05, 4.69) is 0 Å². The van der Waals surface area contributed by atoms with E-state index in [0.717, 1.165) is 44.4 Å². The predicted octanol–water partition coefficient (Wildman–Crippen LogP) is 11.6. The van der Waals surface area contributed by atoms with Crippen LogP contribution < -0.4 is 14.3 Å². The van der Waals surface area contributed by atoms with Crippen molar-refractivity contribution in [2.45, 2.75) is 25.0 Å². The van der Waals surface area contributed by atoms with E-state index in [-0.39, 0.29) is 60.8 Å². The number of rotatable bonds is 12. The number of halogens is 2. The van der Waals surface area contributed by atoms with Gasteiger partial charge >= 0.3 is 7.82 Å². The summed E-state index contributed by atoms with van der Waals surface area (Å²) in [6.45, 7) is 0.568. The molecule has 59 heavy (non-hydrogen) atoms. The lowest BCUT2D eigenvalue weighted by Gasteiger charge is -2.22. The number of aromatic hydroxyl groups is 1. The van der Waals surface area contributed by atoms with Crippen molar-refractivity contribution in [3.63, 3.8) is 0 Å². The van der Waals surface area contributed by atoms with Gasteiger partial charge in [0.15, 0.2) is 0 Å². The first-order valence-corrected chi connectivity index (χ1v) is 22.4. The highest BCUT2D eigenvalue weighted by molar-refractivity contribution is 7.48. The molecule has 0 saturated heterocycles. The highest BCUT2D eigenvalue weighted by atomic mass is 35.5. The Kier molecular flexibility index (Phi) is 11.0. The lowest BCUT2D eigenvalue weighted by atomic mass is 9.95. The Hall–Kier alpha value is -5.19. The van der Waals surface area contributed by atoms with Gasteiger partial charge in [-0.05, 0) is 45.2 Å². The van der Waals surface area contributed by atoms with Crippen LogP contribution in [0.4, 0.5) is 11.4 Å². The molecule has 2 aliphatic rings. The molecule has 298 valence electrons. The van der Waals surface area contributed by atoms with Gasteiger partial charge < -0.3 is 19.4 Å². The number of phenolic OH excluding ortho intramolecular Hbond substituents is 1. The van der Waals surface area contributed by atoms with Crippen LogP contribution in [0.25, 0.3) is 21.5 Å². The maximum absolute atomic E-state index is 14.6. The molecule has 2 atom stereocenters. The molecule has 9 nitrogen and oxygen atoms in total. The molecule has 0 saturated carbocycles. The Morgan fingerprint density at radius 3 is 1.58 bits per heavy atom. The molecule has 1 aromatic heterocycles. The minimum atomic E-state index is -4.28. The SMILES string of the molecule is O=C(c1ccc(C(=O)N2C[C@@H](CCl)c3c2cc(OP(=O)(OCc2ccccc2)OCc2ccccc2)c2ccccc32)s1)N1C[C@@H](CCl)c2c1cc(O)c1ccccc21. The molecule has 7 aromatic rings. The Balaban J connectivity index is 1.04. The zero-order valence-corrected chi connectivity index (χ0v) is 34.7. The summed E-state index contributed by atoms with van der Waals surface area (Å²) in [6, 6.07) is 40.4. The fourth-order valence-electron chi connectivity index (χ4n) is 8.05. The predicted molar refractivity (Wildman–Crippen MR) is 235 cm³/mol. The molecule has 1 N–H and O–H groups in total. The molecule has 3 heterocycles. The van der Waals surface area contributed by atoms with Gasteiger partial charge in [0.1, 0.15) is 11.5 Å². The lowest BCUT2D eigenvalue weighted by Crippen LogP contribution is -2.30. The van der Waals surface area contributed by atoms with Gasteiger partial charge in [-0.15, -0.1) is 34.5 Å². The van der Waals surface area contributed by atoms with Crippen LogP contribution in [0, 0.1) is 0 Å². The van der Waals surface area contributed by atoms with Gasteiger partial charge in [-0.25, -0.2) is 4.57 Å². The molecule has 0 aliphatic carbocycles. The quantitative estimate of drug-likeness (QED) is 0.0963. The van der Waals surface area contributed by atoms with E-state index in [0.29, 0.717) is 44.3 Å². The zero-order chi connectivity index (χ0) is 40.7. The van der Waals surface area contributed by atoms with Crippen molar-refractivity contribution >= 4 is 87.1 Å². The maximum Gasteiger partial charge on any atom is 0.530 e. The topological polar surface area (TPSA) is 106 Å². The van der Waals surface area contributed by atoms with Crippen LogP contribution in [-0.4, -0.2) is 41.8 Å². The van der Waals surface area contributed by atoms with Gasteiger partial charge in [-0.3, -0.25) is 18.6 Å². The monoisotopic (exact) mass is 862 g/mol. The first-order chi connectivity index (χ1) is 28.7. The molecule has 2 amide bonds. The Morgan fingerprint density at radius 1 is 0.627 bits per heavy atom. The van der Waals surface area contributed by atoms with E-state index in [1.54, 1.807) is 34.1 Å². The summed E-state index contributed by atoms with van der Waals surface area (Å²) in [5, 5.41) is 13.9. The average molecular weight is 864 g/mol. The largest absolute Gasteiger partial charge is 0.530 e. The van der Waals surface area contributed by atoms with Gasteiger partial charge in [-0.1, -0.05) is 109 Å². The number of nitrogens with zero attached hydrogens (tertiary/aromatic N) is 2. The second kappa shape index (κ2) is 16.5. The summed E-state index contributed by atoms with van der Waals surface area (Å²) in [7, 11) is -4.28. The summed E-state index contributed by atoms with van der Waals surface area (Å²) >= 11 is 14.1. The third kappa shape index (κ3) is 7.50. The molecule has 9 rings (SSSR count). The van der Waals surface area contributed by atoms with Crippen LogP contribution in [0.15, 0.2) is 133 Å². The number of thiophene rings is 1. The Morgan fingerprint density at radius 2 is 1.07 bits per heavy atom. The summed E-state index contributed by atoms with van der Waals surface area (Å²) in [4.78, 5) is 32.7. The van der Waals surface area contributed by atoms with Crippen molar-refractivity contribution in [2.75, 3.05) is 34.6 Å². The highest BCUT2D eigenvalue weighted by Gasteiger charge is 2.39. The van der Waals surface area contributed by atoms with Gasteiger partial charge in [0.25, 0.3) is 11.8 Å². The smallest absolute Gasteiger partial charge is 0.507 e. The zero-order valence-electron chi connectivity index (χ0n) is 31.5. The van der Waals surface area contributed by atoms with E-state index < -0.39 is 7.82 Å². The molecule has 0 spiro atoms. The molecule has 0 fully saturated rings. The minimum absolute atomic E-state index is 0.0263. The fourth-order valence-corrected chi connectivity index (χ4v) is 10.6. The fraction of sp³-hybridized carbons (Fsp3) is 0.174. The van der Waals surface area contributed by atoms with Crippen LogP contribution in [0.5, 0.6) is 11.5 Å². The maximum atomic E-state index is 14.6.